The first-order chi connectivity index (χ1) is 16.5. The molecule has 0 saturated carbocycles. The molecule has 0 aliphatic rings. The molecule has 11 nitrogen and oxygen atoms in total. The molecule has 0 bridgehead atoms. The molecule has 34 heavy (non-hydrogen) atoms. The number of hydrogen-bond acceptors (Lipinski definition) is 7. The van der Waals surface area contributed by atoms with E-state index in [1.54, 1.807) is 24.3 Å². The third kappa shape index (κ3) is 12.7. The van der Waals surface area contributed by atoms with Gasteiger partial charge in [0, 0.05) is 13.1 Å². The summed E-state index contributed by atoms with van der Waals surface area (Å²) in [7, 11) is 0. The Morgan fingerprint density at radius 1 is 0.853 bits per heavy atom. The molecule has 4 amide bonds. The first kappa shape index (κ1) is 28.0. The van der Waals surface area contributed by atoms with Crippen LogP contribution in [0.2, 0.25) is 0 Å². The fourth-order valence-corrected chi connectivity index (χ4v) is 2.49. The Bertz CT molecular complexity index is 772. The number of carbonyl (C=O) groups is 4. The van der Waals surface area contributed by atoms with Gasteiger partial charge in [-0.25, -0.2) is 4.79 Å². The van der Waals surface area contributed by atoms with E-state index < -0.39 is 36.4 Å². The number of rotatable bonds is 17. The zero-order chi connectivity index (χ0) is 25.0. The zero-order valence-electron chi connectivity index (χ0n) is 19.0. The first-order valence-corrected chi connectivity index (χ1v) is 10.7. The van der Waals surface area contributed by atoms with Crippen LogP contribution in [-0.2, 0) is 35.2 Å². The summed E-state index contributed by atoms with van der Waals surface area (Å²) < 4.78 is 15.0. The van der Waals surface area contributed by atoms with Gasteiger partial charge in [0.15, 0.2) is 6.04 Å². The lowest BCUT2D eigenvalue weighted by Gasteiger charge is -2.18. The van der Waals surface area contributed by atoms with Crippen LogP contribution >= 0.6 is 0 Å². The lowest BCUT2D eigenvalue weighted by molar-refractivity contribution is -0.136. The van der Waals surface area contributed by atoms with Crippen LogP contribution in [0.1, 0.15) is 18.4 Å². The van der Waals surface area contributed by atoms with Crippen molar-refractivity contribution in [2.24, 2.45) is 0 Å². The Kier molecular flexibility index (Phi) is 14.4. The molecule has 4 N–H and O–H groups in total. The summed E-state index contributed by atoms with van der Waals surface area (Å²) in [5, 5.41) is 9.73. The van der Waals surface area contributed by atoms with Crippen LogP contribution in [0.4, 0.5) is 4.79 Å². The van der Waals surface area contributed by atoms with Crippen molar-refractivity contribution in [3.8, 4) is 0 Å². The summed E-state index contributed by atoms with van der Waals surface area (Å²) in [6.07, 6.45) is 2.72. The van der Waals surface area contributed by atoms with Gasteiger partial charge in [0.2, 0.25) is 5.91 Å². The molecule has 1 rings (SSSR count). The van der Waals surface area contributed by atoms with Crippen molar-refractivity contribution in [3.05, 3.63) is 61.6 Å². The van der Waals surface area contributed by atoms with E-state index in [-0.39, 0.29) is 19.7 Å². The van der Waals surface area contributed by atoms with Gasteiger partial charge in [-0.3, -0.25) is 14.4 Å². The molecule has 0 radical (unpaired) electrons. The molecule has 0 aliphatic heterocycles. The van der Waals surface area contributed by atoms with Crippen LogP contribution in [-0.4, -0.2) is 62.7 Å². The summed E-state index contributed by atoms with van der Waals surface area (Å²) in [4.78, 5) is 49.1. The molecule has 0 spiro atoms. The monoisotopic (exact) mass is 476 g/mol. The van der Waals surface area contributed by atoms with E-state index >= 15 is 0 Å². The molecule has 1 aromatic carbocycles. The molecule has 0 aromatic heterocycles. The largest absolute Gasteiger partial charge is 0.502 e. The first-order valence-electron chi connectivity index (χ1n) is 10.7. The van der Waals surface area contributed by atoms with Crippen LogP contribution in [0, 0.1) is 0 Å². The van der Waals surface area contributed by atoms with E-state index in [1.165, 1.54) is 12.5 Å². The van der Waals surface area contributed by atoms with Crippen molar-refractivity contribution >= 4 is 23.8 Å². The maximum absolute atomic E-state index is 12.5. The van der Waals surface area contributed by atoms with Gasteiger partial charge >= 0.3 is 6.09 Å². The maximum atomic E-state index is 12.5. The molecular weight excluding hydrogens is 444 g/mol. The minimum atomic E-state index is -1.49. The Balaban J connectivity index is 2.52. The van der Waals surface area contributed by atoms with Crippen molar-refractivity contribution in [3.63, 3.8) is 0 Å². The standard InChI is InChI=1S/C23H32N4O7/c1-3-32-14-8-12-24-21(29)20(22(30)25-13-9-15-33-4-2)27-19(28)16-26-23(31)34-17-18-10-6-5-7-11-18/h3-7,10-11,20H,1-2,8-9,12-17H2,(H,24,29)(H,25,30)(H,26,31)(H,27,28). The molecule has 0 fully saturated rings. The highest BCUT2D eigenvalue weighted by Gasteiger charge is 2.28. The number of benzene rings is 1. The number of carbonyl (C=O) groups excluding carboxylic acids is 4. The average Bonchev–Trinajstić information content (AvgIpc) is 2.84. The zero-order valence-corrected chi connectivity index (χ0v) is 19.0. The van der Waals surface area contributed by atoms with Crippen LogP contribution in [0.5, 0.6) is 0 Å². The summed E-state index contributed by atoms with van der Waals surface area (Å²) in [6, 6.07) is 7.53. The third-order valence-corrected chi connectivity index (χ3v) is 4.15. The highest BCUT2D eigenvalue weighted by molar-refractivity contribution is 6.07. The second-order valence-electron chi connectivity index (χ2n) is 6.78. The summed E-state index contributed by atoms with van der Waals surface area (Å²) in [5.41, 5.74) is 0.785. The molecule has 0 saturated heterocycles. The normalized spacial score (nSPS) is 9.91. The average molecular weight is 477 g/mol. The smallest absolute Gasteiger partial charge is 0.407 e. The second-order valence-corrected chi connectivity index (χ2v) is 6.78. The van der Waals surface area contributed by atoms with Crippen LogP contribution in [0.15, 0.2) is 56.0 Å². The minimum Gasteiger partial charge on any atom is -0.502 e. The number of alkyl carbamates (subject to hydrolysis) is 1. The van der Waals surface area contributed by atoms with Gasteiger partial charge in [-0.15, -0.1) is 0 Å². The van der Waals surface area contributed by atoms with E-state index in [4.69, 9.17) is 14.2 Å². The highest BCUT2D eigenvalue weighted by Crippen LogP contribution is 2.00. The minimum absolute atomic E-state index is 0.0346. The summed E-state index contributed by atoms with van der Waals surface area (Å²) >= 11 is 0. The van der Waals surface area contributed by atoms with Gasteiger partial charge in [0.25, 0.3) is 11.8 Å². The van der Waals surface area contributed by atoms with E-state index in [9.17, 15) is 19.2 Å². The van der Waals surface area contributed by atoms with E-state index in [0.717, 1.165) is 5.56 Å². The molecule has 0 heterocycles. The van der Waals surface area contributed by atoms with Crippen molar-refractivity contribution in [2.75, 3.05) is 32.8 Å². The van der Waals surface area contributed by atoms with Crippen molar-refractivity contribution in [2.45, 2.75) is 25.5 Å². The molecule has 1 aromatic rings. The van der Waals surface area contributed by atoms with Crippen molar-refractivity contribution in [1.29, 1.82) is 0 Å². The molecule has 0 unspecified atom stereocenters. The topological polar surface area (TPSA) is 144 Å². The summed E-state index contributed by atoms with van der Waals surface area (Å²) in [5.74, 6) is -2.13. The van der Waals surface area contributed by atoms with Gasteiger partial charge in [0.1, 0.15) is 13.2 Å². The van der Waals surface area contributed by atoms with E-state index in [0.29, 0.717) is 26.1 Å². The fourth-order valence-electron chi connectivity index (χ4n) is 2.49. The Hall–Kier alpha value is -4.02. The predicted molar refractivity (Wildman–Crippen MR) is 124 cm³/mol. The Labute approximate surface area is 198 Å². The lowest BCUT2D eigenvalue weighted by Crippen LogP contribution is -2.57. The number of ether oxygens (including phenoxy) is 3. The highest BCUT2D eigenvalue weighted by atomic mass is 16.5. The van der Waals surface area contributed by atoms with Gasteiger partial charge < -0.3 is 35.5 Å². The molecule has 186 valence electrons. The van der Waals surface area contributed by atoms with Gasteiger partial charge in [-0.05, 0) is 18.4 Å². The SMILES string of the molecule is C=COCCCNC(=O)C(NC(=O)CNC(=O)OCc1ccccc1)C(=O)NCCCOC=C. The second kappa shape index (κ2) is 17.5. The molecule has 11 heteroatoms. The molecule has 0 aliphatic carbocycles. The van der Waals surface area contributed by atoms with Gasteiger partial charge in [-0.1, -0.05) is 43.5 Å². The Morgan fingerprint density at radius 3 is 1.94 bits per heavy atom. The van der Waals surface area contributed by atoms with E-state index in [2.05, 4.69) is 34.4 Å². The fraction of sp³-hybridized carbons (Fsp3) is 0.391. The molecule has 0 atom stereocenters. The van der Waals surface area contributed by atoms with Crippen molar-refractivity contribution in [1.82, 2.24) is 21.3 Å². The van der Waals surface area contributed by atoms with Crippen LogP contribution in [0.25, 0.3) is 0 Å². The van der Waals surface area contributed by atoms with Crippen LogP contribution in [0.3, 0.4) is 0 Å². The van der Waals surface area contributed by atoms with E-state index in [1.807, 2.05) is 6.07 Å². The van der Waals surface area contributed by atoms with Crippen LogP contribution < -0.4 is 21.3 Å². The molecular formula is C23H32N4O7. The number of nitrogens with one attached hydrogen (secondary N) is 4. The quantitative estimate of drug-likeness (QED) is 0.147. The maximum Gasteiger partial charge on any atom is 0.407 e. The number of hydrogen-bond donors (Lipinski definition) is 4. The Morgan fingerprint density at radius 2 is 1.41 bits per heavy atom. The predicted octanol–water partition coefficient (Wildman–Crippen LogP) is 0.730. The lowest BCUT2D eigenvalue weighted by atomic mass is 10.2. The van der Waals surface area contributed by atoms with Gasteiger partial charge in [0.05, 0.1) is 25.7 Å². The van der Waals surface area contributed by atoms with Gasteiger partial charge in [-0.2, -0.15) is 0 Å². The third-order valence-electron chi connectivity index (χ3n) is 4.15. The van der Waals surface area contributed by atoms with Crippen molar-refractivity contribution < 1.29 is 33.4 Å². The summed E-state index contributed by atoms with van der Waals surface area (Å²) in [6.45, 7) is 7.52. The number of amides is 4.